The first kappa shape index (κ1) is 14.0. The molecule has 1 N–H and O–H groups in total. The Balaban J connectivity index is 2.65. The quantitative estimate of drug-likeness (QED) is 0.532. The molecule has 0 heterocycles. The van der Waals surface area contributed by atoms with E-state index in [9.17, 15) is 22.4 Å². The predicted molar refractivity (Wildman–Crippen MR) is 62.5 cm³/mol. The van der Waals surface area contributed by atoms with Crippen LogP contribution in [0.25, 0.3) is 0 Å². The fourth-order valence-electron chi connectivity index (χ4n) is 1.87. The lowest BCUT2D eigenvalue weighted by atomic mass is 9.98. The van der Waals surface area contributed by atoms with E-state index >= 15 is 0 Å². The van der Waals surface area contributed by atoms with E-state index in [0.29, 0.717) is 5.56 Å². The first-order chi connectivity index (χ1) is 9.43. The molecule has 0 aliphatic heterocycles. The summed E-state index contributed by atoms with van der Waals surface area (Å²) in [4.78, 5) is 11.0. The molecule has 0 unspecified atom stereocenters. The molecule has 0 radical (unpaired) electrons. The van der Waals surface area contributed by atoms with Crippen molar-refractivity contribution in [2.45, 2.75) is 6.42 Å². The van der Waals surface area contributed by atoms with Gasteiger partial charge in [0.25, 0.3) is 0 Å². The third-order valence-corrected chi connectivity index (χ3v) is 2.80. The Labute approximate surface area is 111 Å². The van der Waals surface area contributed by atoms with Gasteiger partial charge in [0, 0.05) is 12.0 Å². The molecule has 0 bridgehead atoms. The van der Waals surface area contributed by atoms with Crippen molar-refractivity contribution in [2.75, 3.05) is 0 Å². The van der Waals surface area contributed by atoms with Crippen LogP contribution in [0.4, 0.5) is 17.6 Å². The van der Waals surface area contributed by atoms with Crippen LogP contribution in [-0.4, -0.2) is 11.1 Å². The van der Waals surface area contributed by atoms with Crippen molar-refractivity contribution in [3.63, 3.8) is 0 Å². The van der Waals surface area contributed by atoms with Gasteiger partial charge in [-0.15, -0.1) is 0 Å². The van der Waals surface area contributed by atoms with Gasteiger partial charge < -0.3 is 5.11 Å². The second-order valence-electron chi connectivity index (χ2n) is 4.08. The number of rotatable bonds is 3. The Hall–Kier alpha value is -2.37. The molecule has 0 aromatic heterocycles. The molecule has 0 saturated heterocycles. The van der Waals surface area contributed by atoms with E-state index in [-0.39, 0.29) is 6.42 Å². The van der Waals surface area contributed by atoms with Gasteiger partial charge >= 0.3 is 5.97 Å². The number of carboxylic acids is 1. The summed E-state index contributed by atoms with van der Waals surface area (Å²) in [5.41, 5.74) is -1.47. The van der Waals surface area contributed by atoms with E-state index in [4.69, 9.17) is 5.11 Å². The van der Waals surface area contributed by atoms with Crippen molar-refractivity contribution < 1.29 is 27.5 Å². The second-order valence-corrected chi connectivity index (χ2v) is 4.08. The van der Waals surface area contributed by atoms with E-state index < -0.39 is 40.4 Å². The van der Waals surface area contributed by atoms with Crippen molar-refractivity contribution in [3.8, 4) is 0 Å². The van der Waals surface area contributed by atoms with Gasteiger partial charge in [0.2, 0.25) is 0 Å². The third-order valence-electron chi connectivity index (χ3n) is 2.80. The summed E-state index contributed by atoms with van der Waals surface area (Å²) in [5.74, 6) is -9.59. The van der Waals surface area contributed by atoms with Gasteiger partial charge in [0.05, 0.1) is 0 Å². The van der Waals surface area contributed by atoms with E-state index in [1.807, 2.05) is 0 Å². The largest absolute Gasteiger partial charge is 0.478 e. The molecule has 20 heavy (non-hydrogen) atoms. The van der Waals surface area contributed by atoms with Crippen LogP contribution in [-0.2, 0) is 6.42 Å². The highest BCUT2D eigenvalue weighted by Gasteiger charge is 2.28. The molecule has 2 aromatic carbocycles. The Morgan fingerprint density at radius 1 is 0.900 bits per heavy atom. The first-order valence-corrected chi connectivity index (χ1v) is 5.55. The van der Waals surface area contributed by atoms with Crippen LogP contribution in [0.15, 0.2) is 30.3 Å². The summed E-state index contributed by atoms with van der Waals surface area (Å²) in [6.07, 6.45) is -0.359. The number of hydrogen-bond donors (Lipinski definition) is 1. The van der Waals surface area contributed by atoms with Gasteiger partial charge in [-0.3, -0.25) is 0 Å². The molecule has 6 heteroatoms. The minimum absolute atomic E-state index is 0.359. The SMILES string of the molecule is O=C(O)c1c(F)c(F)c(F)c(F)c1Cc1ccccc1. The maximum absolute atomic E-state index is 13.7. The van der Waals surface area contributed by atoms with Crippen molar-refractivity contribution in [3.05, 3.63) is 70.3 Å². The topological polar surface area (TPSA) is 37.3 Å². The van der Waals surface area contributed by atoms with Gasteiger partial charge in [-0.05, 0) is 5.56 Å². The minimum Gasteiger partial charge on any atom is -0.478 e. The lowest BCUT2D eigenvalue weighted by molar-refractivity contribution is 0.0688. The van der Waals surface area contributed by atoms with Gasteiger partial charge in [-0.25, -0.2) is 22.4 Å². The maximum Gasteiger partial charge on any atom is 0.339 e. The molecule has 2 rings (SSSR count). The number of hydrogen-bond acceptors (Lipinski definition) is 1. The first-order valence-electron chi connectivity index (χ1n) is 5.55. The molecule has 0 spiro atoms. The fraction of sp³-hybridized carbons (Fsp3) is 0.0714. The van der Waals surface area contributed by atoms with E-state index in [0.717, 1.165) is 0 Å². The average Bonchev–Trinajstić information content (AvgIpc) is 2.43. The monoisotopic (exact) mass is 284 g/mol. The highest BCUT2D eigenvalue weighted by Crippen LogP contribution is 2.26. The van der Waals surface area contributed by atoms with Crippen molar-refractivity contribution in [1.82, 2.24) is 0 Å². The van der Waals surface area contributed by atoms with Crippen molar-refractivity contribution >= 4 is 5.97 Å². The summed E-state index contributed by atoms with van der Waals surface area (Å²) in [7, 11) is 0. The number of benzene rings is 2. The predicted octanol–water partition coefficient (Wildman–Crippen LogP) is 3.53. The molecule has 0 amide bonds. The van der Waals surface area contributed by atoms with Crippen LogP contribution in [0.5, 0.6) is 0 Å². The molecule has 0 aliphatic carbocycles. The zero-order valence-corrected chi connectivity index (χ0v) is 9.96. The summed E-state index contributed by atoms with van der Waals surface area (Å²) in [6.45, 7) is 0. The third kappa shape index (κ3) is 2.36. The molecular formula is C14H8F4O2. The Morgan fingerprint density at radius 2 is 1.45 bits per heavy atom. The fourth-order valence-corrected chi connectivity index (χ4v) is 1.87. The Bertz CT molecular complexity index is 669. The smallest absolute Gasteiger partial charge is 0.339 e. The van der Waals surface area contributed by atoms with Gasteiger partial charge in [0.15, 0.2) is 23.3 Å². The van der Waals surface area contributed by atoms with E-state index in [1.165, 1.54) is 12.1 Å². The van der Waals surface area contributed by atoms with Gasteiger partial charge in [-0.1, -0.05) is 30.3 Å². The summed E-state index contributed by atoms with van der Waals surface area (Å²) in [6, 6.07) is 7.94. The van der Waals surface area contributed by atoms with Gasteiger partial charge in [0.1, 0.15) is 5.56 Å². The van der Waals surface area contributed by atoms with Crippen LogP contribution in [0.2, 0.25) is 0 Å². The van der Waals surface area contributed by atoms with Crippen molar-refractivity contribution in [2.24, 2.45) is 0 Å². The number of halogens is 4. The average molecular weight is 284 g/mol. The second kappa shape index (κ2) is 5.32. The van der Waals surface area contributed by atoms with Crippen LogP contribution >= 0.6 is 0 Å². The zero-order valence-electron chi connectivity index (χ0n) is 9.96. The summed E-state index contributed by atoms with van der Waals surface area (Å²) < 4.78 is 53.5. The van der Waals surface area contributed by atoms with Crippen LogP contribution < -0.4 is 0 Å². The van der Waals surface area contributed by atoms with E-state index in [1.54, 1.807) is 18.2 Å². The lowest BCUT2D eigenvalue weighted by Gasteiger charge is -2.10. The molecule has 2 aromatic rings. The molecule has 0 saturated carbocycles. The zero-order chi connectivity index (χ0) is 14.9. The Kier molecular flexibility index (Phi) is 3.74. The molecule has 0 aliphatic rings. The highest BCUT2D eigenvalue weighted by molar-refractivity contribution is 5.90. The number of carbonyl (C=O) groups is 1. The molecule has 0 fully saturated rings. The maximum atomic E-state index is 13.7. The molecule has 104 valence electrons. The normalized spacial score (nSPS) is 10.6. The summed E-state index contributed by atoms with van der Waals surface area (Å²) in [5, 5.41) is 8.87. The van der Waals surface area contributed by atoms with Gasteiger partial charge in [-0.2, -0.15) is 0 Å². The van der Waals surface area contributed by atoms with E-state index in [2.05, 4.69) is 0 Å². The lowest BCUT2D eigenvalue weighted by Crippen LogP contribution is -2.14. The van der Waals surface area contributed by atoms with Crippen LogP contribution in [0.3, 0.4) is 0 Å². The molecular weight excluding hydrogens is 276 g/mol. The van der Waals surface area contributed by atoms with Crippen LogP contribution in [0.1, 0.15) is 21.5 Å². The van der Waals surface area contributed by atoms with Crippen LogP contribution in [0, 0.1) is 23.3 Å². The number of carboxylic acid groups (broad SMARTS) is 1. The van der Waals surface area contributed by atoms with Crippen molar-refractivity contribution in [1.29, 1.82) is 0 Å². The molecule has 0 atom stereocenters. The minimum atomic E-state index is -2.13. The highest BCUT2D eigenvalue weighted by atomic mass is 19.2. The molecule has 2 nitrogen and oxygen atoms in total. The summed E-state index contributed by atoms with van der Waals surface area (Å²) >= 11 is 0. The number of aromatic carboxylic acids is 1. The standard InChI is InChI=1S/C14H8F4O2/c15-10-8(6-7-4-2-1-3-5-7)9(14(19)20)11(16)13(18)12(10)17/h1-5H,6H2,(H,19,20). The Morgan fingerprint density at radius 3 is 2.00 bits per heavy atom.